The minimum Gasteiger partial charge on any atom is -0.313 e. The van der Waals surface area contributed by atoms with E-state index in [0.717, 1.165) is 12.0 Å². The fraction of sp³-hybridized carbons (Fsp3) is 0.200. The zero-order valence-corrected chi connectivity index (χ0v) is 11.7. The Kier molecular flexibility index (Phi) is 4.50. The summed E-state index contributed by atoms with van der Waals surface area (Å²) in [6, 6.07) is 15.6. The molecular weight excluding hydrogens is 293 g/mol. The van der Waals surface area contributed by atoms with E-state index >= 15 is 0 Å². The van der Waals surface area contributed by atoms with Crippen LogP contribution in [0.4, 0.5) is 4.39 Å². The molecule has 0 fully saturated rings. The van der Waals surface area contributed by atoms with E-state index in [2.05, 4.69) is 33.4 Å². The standard InChI is InChI=1S/C15H15BrFN/c1-18-15(9-11-5-3-2-4-6-11)12-7-8-14(17)13(16)10-12/h2-8,10,15,18H,9H2,1H3. The van der Waals surface area contributed by atoms with Crippen molar-refractivity contribution in [3.05, 3.63) is 69.9 Å². The van der Waals surface area contributed by atoms with Crippen molar-refractivity contribution < 1.29 is 4.39 Å². The number of likely N-dealkylation sites (N-methyl/N-ethyl adjacent to an activating group) is 1. The average molecular weight is 308 g/mol. The first-order valence-corrected chi connectivity index (χ1v) is 6.66. The molecule has 2 aromatic rings. The van der Waals surface area contributed by atoms with E-state index in [-0.39, 0.29) is 11.9 Å². The van der Waals surface area contributed by atoms with Crippen molar-refractivity contribution in [2.45, 2.75) is 12.5 Å². The first-order chi connectivity index (χ1) is 8.70. The van der Waals surface area contributed by atoms with Crippen LogP contribution >= 0.6 is 15.9 Å². The average Bonchev–Trinajstić information content (AvgIpc) is 2.40. The van der Waals surface area contributed by atoms with Crippen LogP contribution in [0, 0.1) is 5.82 Å². The molecule has 0 amide bonds. The molecule has 1 atom stereocenters. The summed E-state index contributed by atoms with van der Waals surface area (Å²) in [6.45, 7) is 0. The third-order valence-corrected chi connectivity index (χ3v) is 3.58. The molecule has 3 heteroatoms. The monoisotopic (exact) mass is 307 g/mol. The van der Waals surface area contributed by atoms with Gasteiger partial charge in [0.05, 0.1) is 4.47 Å². The molecule has 0 aliphatic heterocycles. The summed E-state index contributed by atoms with van der Waals surface area (Å²) in [6.07, 6.45) is 0.884. The van der Waals surface area contributed by atoms with E-state index in [0.29, 0.717) is 4.47 Å². The molecule has 2 aromatic carbocycles. The van der Waals surface area contributed by atoms with Gasteiger partial charge in [-0.2, -0.15) is 0 Å². The summed E-state index contributed by atoms with van der Waals surface area (Å²) < 4.78 is 13.7. The summed E-state index contributed by atoms with van der Waals surface area (Å²) in [4.78, 5) is 0. The normalized spacial score (nSPS) is 12.4. The molecule has 0 aliphatic carbocycles. The van der Waals surface area contributed by atoms with Crippen LogP contribution in [-0.2, 0) is 6.42 Å². The highest BCUT2D eigenvalue weighted by Gasteiger charge is 2.11. The van der Waals surface area contributed by atoms with Gasteiger partial charge in [0.2, 0.25) is 0 Å². The first-order valence-electron chi connectivity index (χ1n) is 5.87. The molecule has 0 aliphatic rings. The van der Waals surface area contributed by atoms with Gasteiger partial charge in [-0.15, -0.1) is 0 Å². The van der Waals surface area contributed by atoms with Crippen molar-refractivity contribution >= 4 is 15.9 Å². The molecule has 1 nitrogen and oxygen atoms in total. The van der Waals surface area contributed by atoms with E-state index in [1.165, 1.54) is 11.6 Å². The van der Waals surface area contributed by atoms with Crippen LogP contribution in [-0.4, -0.2) is 7.05 Å². The smallest absolute Gasteiger partial charge is 0.137 e. The van der Waals surface area contributed by atoms with Gasteiger partial charge >= 0.3 is 0 Å². The summed E-state index contributed by atoms with van der Waals surface area (Å²) in [5.74, 6) is -0.228. The second kappa shape index (κ2) is 6.12. The molecule has 1 N–H and O–H groups in total. The van der Waals surface area contributed by atoms with E-state index in [1.54, 1.807) is 0 Å². The summed E-state index contributed by atoms with van der Waals surface area (Å²) in [5.41, 5.74) is 2.34. The zero-order valence-electron chi connectivity index (χ0n) is 10.2. The van der Waals surface area contributed by atoms with Gasteiger partial charge < -0.3 is 5.32 Å². The third kappa shape index (κ3) is 3.18. The Morgan fingerprint density at radius 3 is 2.50 bits per heavy atom. The fourth-order valence-corrected chi connectivity index (χ4v) is 2.36. The predicted octanol–water partition coefficient (Wildman–Crippen LogP) is 4.09. The summed E-state index contributed by atoms with van der Waals surface area (Å²) in [5, 5.41) is 3.27. The second-order valence-electron chi connectivity index (χ2n) is 4.20. The van der Waals surface area contributed by atoms with Gasteiger partial charge in [-0.3, -0.25) is 0 Å². The summed E-state index contributed by atoms with van der Waals surface area (Å²) in [7, 11) is 1.92. The molecule has 0 bridgehead atoms. The van der Waals surface area contributed by atoms with Gasteiger partial charge in [0, 0.05) is 6.04 Å². The lowest BCUT2D eigenvalue weighted by Crippen LogP contribution is -2.18. The van der Waals surface area contributed by atoms with Crippen LogP contribution < -0.4 is 5.32 Å². The number of nitrogens with one attached hydrogen (secondary N) is 1. The molecule has 0 spiro atoms. The Balaban J connectivity index is 2.20. The molecular formula is C15H15BrFN. The summed E-state index contributed by atoms with van der Waals surface area (Å²) >= 11 is 3.23. The van der Waals surface area contributed by atoms with Crippen molar-refractivity contribution in [1.29, 1.82) is 0 Å². The minimum atomic E-state index is -0.228. The first kappa shape index (κ1) is 13.2. The maximum Gasteiger partial charge on any atom is 0.137 e. The van der Waals surface area contributed by atoms with Crippen LogP contribution in [0.25, 0.3) is 0 Å². The highest BCUT2D eigenvalue weighted by Crippen LogP contribution is 2.23. The van der Waals surface area contributed by atoms with Crippen molar-refractivity contribution in [3.63, 3.8) is 0 Å². The van der Waals surface area contributed by atoms with Gasteiger partial charge in [-0.25, -0.2) is 4.39 Å². The van der Waals surface area contributed by atoms with Gasteiger partial charge in [-0.1, -0.05) is 36.4 Å². The lowest BCUT2D eigenvalue weighted by molar-refractivity contribution is 0.584. The molecule has 1 unspecified atom stereocenters. The van der Waals surface area contributed by atoms with E-state index < -0.39 is 0 Å². The molecule has 0 aromatic heterocycles. The molecule has 2 rings (SSSR count). The number of rotatable bonds is 4. The van der Waals surface area contributed by atoms with Gasteiger partial charge in [-0.05, 0) is 52.7 Å². The Morgan fingerprint density at radius 2 is 1.89 bits per heavy atom. The van der Waals surface area contributed by atoms with Crippen molar-refractivity contribution in [2.24, 2.45) is 0 Å². The Hall–Kier alpha value is -1.19. The number of hydrogen-bond donors (Lipinski definition) is 1. The second-order valence-corrected chi connectivity index (χ2v) is 5.06. The van der Waals surface area contributed by atoms with Gasteiger partial charge in [0.1, 0.15) is 5.82 Å². The highest BCUT2D eigenvalue weighted by atomic mass is 79.9. The van der Waals surface area contributed by atoms with Crippen LogP contribution in [0.15, 0.2) is 53.0 Å². The SMILES string of the molecule is CNC(Cc1ccccc1)c1ccc(F)c(Br)c1. The molecule has 18 heavy (non-hydrogen) atoms. The number of hydrogen-bond acceptors (Lipinski definition) is 1. The lowest BCUT2D eigenvalue weighted by atomic mass is 9.99. The van der Waals surface area contributed by atoms with Crippen molar-refractivity contribution in [1.82, 2.24) is 5.32 Å². The predicted molar refractivity (Wildman–Crippen MR) is 76.0 cm³/mol. The van der Waals surface area contributed by atoms with E-state index in [4.69, 9.17) is 0 Å². The number of benzene rings is 2. The third-order valence-electron chi connectivity index (χ3n) is 2.98. The van der Waals surface area contributed by atoms with Crippen LogP contribution in [0.3, 0.4) is 0 Å². The number of halogens is 2. The molecule has 0 saturated carbocycles. The van der Waals surface area contributed by atoms with E-state index in [1.807, 2.05) is 37.4 Å². The molecule has 0 heterocycles. The van der Waals surface area contributed by atoms with Crippen LogP contribution in [0.5, 0.6) is 0 Å². The lowest BCUT2D eigenvalue weighted by Gasteiger charge is -2.17. The largest absolute Gasteiger partial charge is 0.313 e. The Labute approximate surface area is 115 Å². The van der Waals surface area contributed by atoms with Crippen LogP contribution in [0.1, 0.15) is 17.2 Å². The molecule has 0 radical (unpaired) electrons. The Morgan fingerprint density at radius 1 is 1.17 bits per heavy atom. The minimum absolute atomic E-state index is 0.185. The maximum atomic E-state index is 13.2. The Bertz CT molecular complexity index is 513. The van der Waals surface area contributed by atoms with Crippen LogP contribution in [0.2, 0.25) is 0 Å². The molecule has 94 valence electrons. The fourth-order valence-electron chi connectivity index (χ4n) is 1.97. The van der Waals surface area contributed by atoms with E-state index in [9.17, 15) is 4.39 Å². The quantitative estimate of drug-likeness (QED) is 0.897. The maximum absolute atomic E-state index is 13.2. The zero-order chi connectivity index (χ0) is 13.0. The van der Waals surface area contributed by atoms with Gasteiger partial charge in [0.15, 0.2) is 0 Å². The molecule has 0 saturated heterocycles. The van der Waals surface area contributed by atoms with Crippen molar-refractivity contribution in [3.8, 4) is 0 Å². The highest BCUT2D eigenvalue weighted by molar-refractivity contribution is 9.10. The van der Waals surface area contributed by atoms with Crippen molar-refractivity contribution in [2.75, 3.05) is 7.05 Å². The topological polar surface area (TPSA) is 12.0 Å². The van der Waals surface area contributed by atoms with Gasteiger partial charge in [0.25, 0.3) is 0 Å².